The standard InChI is InChI=1S/C55H101NO10/c1-3-5-7-9-11-13-15-17-19-21-22-23-24-25-26-27-29-30-32-34-36-38-40-42-47(58)50(60)46(45-65-55-53(63)52(62)51(61)49(44-57)66-55)56-54(64)48(59)43-41-39-37-35-33-31-28-20-18-16-14-12-10-8-6-4-2/h18,20,23-24,27,29,34,36,46-53,55,57-63H,3-17,19,21-22,25-26,28,30-33,35,37-45H2,1-2H3,(H,56,64)/b20-18-,24-23+,29-27+,36-34+. The molecule has 1 amide bonds. The topological polar surface area (TPSA) is 189 Å². The van der Waals surface area contributed by atoms with Crippen LogP contribution in [0.4, 0.5) is 0 Å². The molecule has 9 atom stereocenters. The number of carbonyl (C=O) groups is 1. The Hall–Kier alpha value is -1.93. The molecule has 1 heterocycles. The molecular formula is C55H101NO10. The van der Waals surface area contributed by atoms with Gasteiger partial charge in [0.2, 0.25) is 5.91 Å². The van der Waals surface area contributed by atoms with Gasteiger partial charge in [-0.15, -0.1) is 0 Å². The van der Waals surface area contributed by atoms with Crippen LogP contribution in [0.3, 0.4) is 0 Å². The van der Waals surface area contributed by atoms with E-state index in [2.05, 4.69) is 67.8 Å². The highest BCUT2D eigenvalue weighted by Gasteiger charge is 2.44. The zero-order valence-electron chi connectivity index (χ0n) is 41.9. The van der Waals surface area contributed by atoms with Crippen LogP contribution in [-0.2, 0) is 14.3 Å². The van der Waals surface area contributed by atoms with Gasteiger partial charge in [-0.25, -0.2) is 0 Å². The van der Waals surface area contributed by atoms with E-state index in [0.717, 1.165) is 64.2 Å². The molecule has 11 nitrogen and oxygen atoms in total. The summed E-state index contributed by atoms with van der Waals surface area (Å²) in [6.45, 7) is 3.42. The summed E-state index contributed by atoms with van der Waals surface area (Å²) in [5.41, 5.74) is 0. The number of aliphatic hydroxyl groups is 7. The first-order valence-corrected chi connectivity index (χ1v) is 27.0. The van der Waals surface area contributed by atoms with Crippen LogP contribution in [0.1, 0.15) is 226 Å². The van der Waals surface area contributed by atoms with Crippen molar-refractivity contribution in [3.05, 3.63) is 48.6 Å². The highest BCUT2D eigenvalue weighted by molar-refractivity contribution is 5.80. The molecule has 0 saturated carbocycles. The van der Waals surface area contributed by atoms with E-state index in [-0.39, 0.29) is 12.8 Å². The summed E-state index contributed by atoms with van der Waals surface area (Å²) in [5, 5.41) is 75.9. The lowest BCUT2D eigenvalue weighted by Crippen LogP contribution is -2.60. The minimum absolute atomic E-state index is 0.239. The number of ether oxygens (including phenoxy) is 2. The second-order valence-corrected chi connectivity index (χ2v) is 18.9. The Labute approximate surface area is 402 Å². The maximum absolute atomic E-state index is 13.1. The smallest absolute Gasteiger partial charge is 0.249 e. The first kappa shape index (κ1) is 62.1. The highest BCUT2D eigenvalue weighted by atomic mass is 16.7. The van der Waals surface area contributed by atoms with Gasteiger partial charge >= 0.3 is 0 Å². The van der Waals surface area contributed by atoms with E-state index in [9.17, 15) is 40.5 Å². The number of allylic oxidation sites excluding steroid dienone is 8. The first-order valence-electron chi connectivity index (χ1n) is 27.0. The monoisotopic (exact) mass is 936 g/mol. The fraction of sp³-hybridized carbons (Fsp3) is 0.836. The van der Waals surface area contributed by atoms with Gasteiger partial charge in [0.25, 0.3) is 0 Å². The number of hydrogen-bond acceptors (Lipinski definition) is 10. The lowest BCUT2D eigenvalue weighted by atomic mass is 9.98. The minimum Gasteiger partial charge on any atom is -0.394 e. The lowest BCUT2D eigenvalue weighted by molar-refractivity contribution is -0.303. The van der Waals surface area contributed by atoms with Crippen LogP contribution in [0.25, 0.3) is 0 Å². The van der Waals surface area contributed by atoms with Crippen LogP contribution < -0.4 is 5.32 Å². The Bertz CT molecular complexity index is 1210. The Morgan fingerprint density at radius 1 is 0.515 bits per heavy atom. The Balaban J connectivity index is 2.41. The van der Waals surface area contributed by atoms with Gasteiger partial charge < -0.3 is 50.5 Å². The largest absolute Gasteiger partial charge is 0.394 e. The zero-order valence-corrected chi connectivity index (χ0v) is 41.9. The second kappa shape index (κ2) is 44.3. The second-order valence-electron chi connectivity index (χ2n) is 18.9. The molecule has 8 N–H and O–H groups in total. The lowest BCUT2D eigenvalue weighted by Gasteiger charge is -2.40. The van der Waals surface area contributed by atoms with Crippen molar-refractivity contribution in [2.75, 3.05) is 13.2 Å². The molecule has 0 aromatic rings. The van der Waals surface area contributed by atoms with Crippen molar-refractivity contribution in [1.82, 2.24) is 5.32 Å². The molecule has 0 bridgehead atoms. The van der Waals surface area contributed by atoms with Gasteiger partial charge in [0.1, 0.15) is 36.6 Å². The van der Waals surface area contributed by atoms with E-state index >= 15 is 0 Å². The van der Waals surface area contributed by atoms with Gasteiger partial charge in [-0.05, 0) is 89.9 Å². The predicted octanol–water partition coefficient (Wildman–Crippen LogP) is 10.5. The summed E-state index contributed by atoms with van der Waals surface area (Å²) in [7, 11) is 0. The number of carbonyl (C=O) groups excluding carboxylic acids is 1. The van der Waals surface area contributed by atoms with Crippen LogP contribution in [0, 0.1) is 0 Å². The van der Waals surface area contributed by atoms with Gasteiger partial charge in [-0.1, -0.05) is 184 Å². The molecule has 0 aliphatic carbocycles. The van der Waals surface area contributed by atoms with Gasteiger partial charge in [0.05, 0.1) is 25.4 Å². The van der Waals surface area contributed by atoms with E-state index in [1.54, 1.807) is 0 Å². The first-order chi connectivity index (χ1) is 32.2. The van der Waals surface area contributed by atoms with Crippen molar-refractivity contribution in [3.8, 4) is 0 Å². The van der Waals surface area contributed by atoms with Crippen molar-refractivity contribution < 1.29 is 50.0 Å². The maximum atomic E-state index is 13.1. The third-order valence-corrected chi connectivity index (χ3v) is 12.8. The van der Waals surface area contributed by atoms with E-state index in [1.807, 2.05) is 0 Å². The van der Waals surface area contributed by atoms with Gasteiger partial charge in [0.15, 0.2) is 6.29 Å². The molecule has 1 rings (SSSR count). The van der Waals surface area contributed by atoms with E-state index in [0.29, 0.717) is 19.3 Å². The van der Waals surface area contributed by atoms with Gasteiger partial charge in [0, 0.05) is 0 Å². The predicted molar refractivity (Wildman–Crippen MR) is 270 cm³/mol. The average molecular weight is 936 g/mol. The number of hydrogen-bond donors (Lipinski definition) is 8. The molecule has 1 aliphatic heterocycles. The molecule has 11 heteroatoms. The van der Waals surface area contributed by atoms with Crippen LogP contribution in [0.2, 0.25) is 0 Å². The van der Waals surface area contributed by atoms with Crippen molar-refractivity contribution in [1.29, 1.82) is 0 Å². The van der Waals surface area contributed by atoms with Crippen LogP contribution >= 0.6 is 0 Å². The highest BCUT2D eigenvalue weighted by Crippen LogP contribution is 2.23. The third kappa shape index (κ3) is 32.8. The maximum Gasteiger partial charge on any atom is 0.249 e. The molecule has 386 valence electrons. The summed E-state index contributed by atoms with van der Waals surface area (Å²) in [4.78, 5) is 13.1. The Morgan fingerprint density at radius 2 is 0.909 bits per heavy atom. The molecule has 9 unspecified atom stereocenters. The number of nitrogens with one attached hydrogen (secondary N) is 1. The molecule has 1 fully saturated rings. The fourth-order valence-corrected chi connectivity index (χ4v) is 8.35. The molecule has 0 aromatic carbocycles. The quantitative estimate of drug-likeness (QED) is 0.0216. The summed E-state index contributed by atoms with van der Waals surface area (Å²) < 4.78 is 11.1. The van der Waals surface area contributed by atoms with Crippen LogP contribution in [-0.4, -0.2) is 110 Å². The Kier molecular flexibility index (Phi) is 41.7. The molecule has 66 heavy (non-hydrogen) atoms. The zero-order chi connectivity index (χ0) is 48.3. The van der Waals surface area contributed by atoms with Crippen molar-refractivity contribution in [2.45, 2.75) is 281 Å². The molecule has 0 spiro atoms. The third-order valence-electron chi connectivity index (χ3n) is 12.8. The Morgan fingerprint density at radius 3 is 1.35 bits per heavy atom. The van der Waals surface area contributed by atoms with E-state index in [4.69, 9.17) is 9.47 Å². The molecule has 0 radical (unpaired) electrons. The summed E-state index contributed by atoms with van der Waals surface area (Å²) >= 11 is 0. The summed E-state index contributed by atoms with van der Waals surface area (Å²) in [5.74, 6) is -0.718. The van der Waals surface area contributed by atoms with Crippen molar-refractivity contribution in [2.24, 2.45) is 0 Å². The molecule has 0 aromatic heterocycles. The summed E-state index contributed by atoms with van der Waals surface area (Å²) in [6.07, 6.45) is 43.0. The summed E-state index contributed by atoms with van der Waals surface area (Å²) in [6, 6.07) is -1.20. The fourth-order valence-electron chi connectivity index (χ4n) is 8.35. The van der Waals surface area contributed by atoms with Gasteiger partial charge in [-0.3, -0.25) is 4.79 Å². The molecule has 1 aliphatic rings. The SMILES string of the molecule is CCCCCCCC/C=C\CCCCCCCCC(O)C(=O)NC(COC1OC(CO)C(O)C(O)C1O)C(O)C(O)CCC/C=C/CC/C=C/CC/C=C/CCCCCCCCCCCC. The number of aliphatic hydroxyl groups excluding tert-OH is 7. The van der Waals surface area contributed by atoms with E-state index in [1.165, 1.54) is 116 Å². The molecule has 1 saturated heterocycles. The molecular weight excluding hydrogens is 835 g/mol. The van der Waals surface area contributed by atoms with Crippen LogP contribution in [0.15, 0.2) is 48.6 Å². The van der Waals surface area contributed by atoms with Crippen molar-refractivity contribution in [3.63, 3.8) is 0 Å². The van der Waals surface area contributed by atoms with Gasteiger partial charge in [-0.2, -0.15) is 0 Å². The van der Waals surface area contributed by atoms with Crippen LogP contribution in [0.5, 0.6) is 0 Å². The number of rotatable bonds is 45. The number of amides is 1. The number of unbranched alkanes of at least 4 members (excludes halogenated alkanes) is 25. The minimum atomic E-state index is -1.67. The average Bonchev–Trinajstić information content (AvgIpc) is 3.32. The van der Waals surface area contributed by atoms with Crippen molar-refractivity contribution >= 4 is 5.91 Å². The normalized spacial score (nSPS) is 21.1. The van der Waals surface area contributed by atoms with E-state index < -0.39 is 74.2 Å².